The first kappa shape index (κ1) is 29.3. The average molecular weight is 625 g/mol. The van der Waals surface area contributed by atoms with E-state index in [0.717, 1.165) is 16.2 Å². The van der Waals surface area contributed by atoms with Crippen LogP contribution in [0, 0.1) is 0 Å². The Morgan fingerprint density at radius 1 is 1.47 bits per heavy atom. The summed E-state index contributed by atoms with van der Waals surface area (Å²) >= 11 is 2.37. The van der Waals surface area contributed by atoms with E-state index >= 15 is 0 Å². The Morgan fingerprint density at radius 2 is 2.06 bits per heavy atom. The van der Waals surface area contributed by atoms with E-state index < -0.39 is 37.0 Å². The van der Waals surface area contributed by atoms with Gasteiger partial charge in [-0.1, -0.05) is 17.8 Å². The number of carbonyl (C=O) groups excluding carboxylic acids is 2. The van der Waals surface area contributed by atoms with Crippen molar-refractivity contribution in [2.75, 3.05) is 11.5 Å². The van der Waals surface area contributed by atoms with Gasteiger partial charge in [0.25, 0.3) is 19.6 Å². The van der Waals surface area contributed by atoms with Crippen LogP contribution in [0.15, 0.2) is 34.5 Å². The van der Waals surface area contributed by atoms with Gasteiger partial charge in [-0.15, -0.1) is 23.1 Å². The Morgan fingerprint density at radius 3 is 2.50 bits per heavy atom. The first-order valence-corrected chi connectivity index (χ1v) is 11.4. The van der Waals surface area contributed by atoms with Crippen LogP contribution in [0.2, 0.25) is 0 Å². The van der Waals surface area contributed by atoms with E-state index in [9.17, 15) is 19.5 Å². The summed E-state index contributed by atoms with van der Waals surface area (Å²) in [4.78, 5) is 64.1. The van der Waals surface area contributed by atoms with Crippen molar-refractivity contribution in [3.05, 3.63) is 35.0 Å². The van der Waals surface area contributed by atoms with Crippen LogP contribution < -0.4 is 84.8 Å². The summed E-state index contributed by atoms with van der Waals surface area (Å²) in [5, 5.41) is 24.9. The molecular formula is C14H15CsN5O9PS2. The average Bonchev–Trinajstić information content (AvgIpc) is 3.09. The second-order valence-corrected chi connectivity index (χ2v) is 8.73. The molecule has 0 aromatic carbocycles. The van der Waals surface area contributed by atoms with Crippen molar-refractivity contribution in [1.82, 2.24) is 15.2 Å². The summed E-state index contributed by atoms with van der Waals surface area (Å²) in [7, 11) is -4.89. The van der Waals surface area contributed by atoms with Crippen molar-refractivity contribution in [2.24, 2.45) is 5.16 Å². The predicted octanol–water partition coefficient (Wildman–Crippen LogP) is -4.73. The third-order valence-electron chi connectivity index (χ3n) is 3.81. The Kier molecular flexibility index (Phi) is 11.1. The number of anilines is 1. The van der Waals surface area contributed by atoms with Crippen LogP contribution in [-0.4, -0.2) is 70.6 Å². The maximum absolute atomic E-state index is 12.4. The summed E-state index contributed by atoms with van der Waals surface area (Å²) in [5.41, 5.74) is 5.49. The number of β-lactam (4-membered cyclic amide) rings is 1. The van der Waals surface area contributed by atoms with Crippen molar-refractivity contribution in [3.63, 3.8) is 0 Å². The maximum atomic E-state index is 12.4. The van der Waals surface area contributed by atoms with Gasteiger partial charge < -0.3 is 36.0 Å². The minimum Gasteiger partial charge on any atom is -0.756 e. The fourth-order valence-corrected chi connectivity index (χ4v) is 4.51. The molecule has 0 unspecified atom stereocenters. The van der Waals surface area contributed by atoms with Crippen molar-refractivity contribution in [1.29, 1.82) is 0 Å². The van der Waals surface area contributed by atoms with E-state index in [1.165, 1.54) is 23.2 Å². The van der Waals surface area contributed by atoms with E-state index in [0.29, 0.717) is 11.3 Å². The van der Waals surface area contributed by atoms with Crippen molar-refractivity contribution in [3.8, 4) is 0 Å². The topological polar surface area (TPSA) is 239 Å². The number of amides is 2. The Labute approximate surface area is 247 Å². The summed E-state index contributed by atoms with van der Waals surface area (Å²) in [6, 6.07) is -0.944. The summed E-state index contributed by atoms with van der Waals surface area (Å²) in [5.74, 6) is -2.27. The van der Waals surface area contributed by atoms with Gasteiger partial charge in [0.1, 0.15) is 22.8 Å². The van der Waals surface area contributed by atoms with E-state index in [1.54, 1.807) is 0 Å². The Hall–Kier alpha value is -0.698. The van der Waals surface area contributed by atoms with Gasteiger partial charge in [0.15, 0.2) is 10.8 Å². The quantitative estimate of drug-likeness (QED) is 0.0595. The van der Waals surface area contributed by atoms with Crippen LogP contribution in [0.25, 0.3) is 0 Å². The summed E-state index contributed by atoms with van der Waals surface area (Å²) in [6.07, 6.45) is 1.40. The molecule has 3 rings (SSSR count). The third-order valence-corrected chi connectivity index (χ3v) is 5.79. The maximum Gasteiger partial charge on any atom is 1.00 e. The number of thiazole rings is 1. The number of fused-ring (bicyclic) bond motifs is 1. The Bertz CT molecular complexity index is 1030. The number of oxime groups is 1. The van der Waals surface area contributed by atoms with E-state index in [2.05, 4.69) is 22.0 Å². The smallest absolute Gasteiger partial charge is 0.756 e. The van der Waals surface area contributed by atoms with Crippen molar-refractivity contribution < 1.29 is 113 Å². The van der Waals surface area contributed by atoms with Crippen molar-refractivity contribution in [2.45, 2.75) is 11.4 Å². The van der Waals surface area contributed by atoms with Crippen LogP contribution in [0.3, 0.4) is 0 Å². The number of nitrogens with two attached hydrogens (primary N) is 1. The second kappa shape index (κ2) is 12.1. The molecule has 18 heteroatoms. The zero-order chi connectivity index (χ0) is 23.5. The van der Waals surface area contributed by atoms with Crippen LogP contribution in [0.1, 0.15) is 5.69 Å². The minimum absolute atomic E-state index is 0. The standard InChI is InChI=1S/C14H13N5O5S2.Cs.H3O4P/c1-2-5-3-25-12-8(11(21)19(12)9(5)13(22)23)17-10(20)7(18-24)6-4-26-14(15)16-6;;1-5(2,3)4/h2,4,8,12,24H,1,3H2,(H2,15,16)(H,17,20)(H,22,23);;(H3,1,2,3,4)/q;+1;/p-1/b18-7-;;/t8-,12-;;/m1../s1. The molecule has 2 amide bonds. The number of thioether (sulfide) groups is 1. The van der Waals surface area contributed by atoms with Gasteiger partial charge in [-0.2, -0.15) is 0 Å². The molecule has 0 radical (unpaired) electrons. The molecule has 1 saturated heterocycles. The van der Waals surface area contributed by atoms with Crippen LogP contribution in [0.5, 0.6) is 0 Å². The molecule has 2 atom stereocenters. The molecule has 2 aliphatic rings. The molecule has 32 heavy (non-hydrogen) atoms. The molecular weight excluding hydrogens is 610 g/mol. The molecule has 1 aromatic heterocycles. The largest absolute Gasteiger partial charge is 1.00 e. The number of aliphatic carboxylic acids is 1. The number of carboxylic acid groups (broad SMARTS) is 1. The molecule has 168 valence electrons. The van der Waals surface area contributed by atoms with Gasteiger partial charge in [0, 0.05) is 11.1 Å². The number of allylic oxidation sites excluding steroid dienone is 1. The molecule has 0 aliphatic carbocycles. The Balaban J connectivity index is 0.000000770. The molecule has 0 bridgehead atoms. The molecule has 3 heterocycles. The number of hydrogen-bond donors (Lipinski definition) is 6. The van der Waals surface area contributed by atoms with E-state index in [1.807, 2.05) is 0 Å². The zero-order valence-electron chi connectivity index (χ0n) is 16.2. The zero-order valence-corrected chi connectivity index (χ0v) is 25.0. The number of nitrogens with one attached hydrogen (secondary N) is 1. The summed E-state index contributed by atoms with van der Waals surface area (Å²) in [6.45, 7) is 3.56. The monoisotopic (exact) mass is 625 g/mol. The van der Waals surface area contributed by atoms with Gasteiger partial charge in [0.2, 0.25) is 0 Å². The van der Waals surface area contributed by atoms with Gasteiger partial charge >= 0.3 is 74.9 Å². The number of rotatable bonds is 5. The number of aromatic nitrogens is 1. The number of hydrogen-bond acceptors (Lipinski definition) is 11. The number of nitrogens with zero attached hydrogens (tertiary/aromatic N) is 3. The minimum atomic E-state index is -4.89. The first-order valence-electron chi connectivity index (χ1n) is 7.93. The summed E-state index contributed by atoms with van der Waals surface area (Å²) < 4.78 is 8.77. The van der Waals surface area contributed by atoms with Crippen LogP contribution in [-0.2, 0) is 18.9 Å². The van der Waals surface area contributed by atoms with E-state index in [-0.39, 0.29) is 91.1 Å². The number of nitrogen functional groups attached to an aromatic ring is 1. The van der Waals surface area contributed by atoms with Gasteiger partial charge in [-0.25, -0.2) is 9.78 Å². The molecule has 0 spiro atoms. The van der Waals surface area contributed by atoms with Gasteiger partial charge in [-0.05, 0) is 5.57 Å². The number of phosphoric acid groups is 1. The van der Waals surface area contributed by atoms with E-state index in [4.69, 9.17) is 30.2 Å². The van der Waals surface area contributed by atoms with Crippen LogP contribution in [0.4, 0.5) is 5.13 Å². The molecule has 1 fully saturated rings. The normalized spacial score (nSPS) is 20.2. The molecule has 14 nitrogen and oxygen atoms in total. The fraction of sp³-hybridized carbons (Fsp3) is 0.214. The van der Waals surface area contributed by atoms with Crippen LogP contribution >= 0.6 is 30.9 Å². The SMILES string of the molecule is C=CC1=C(C(=O)O)N2C(=O)[C@@H](NC(=O)/C(=N\O)c3csc(N)n3)[C@H]2SC1.O=P([O-])(O)O.[Cs+]. The molecule has 0 saturated carbocycles. The third kappa shape index (κ3) is 7.15. The first-order chi connectivity index (χ1) is 14.4. The number of carboxylic acids is 1. The molecule has 1 aromatic rings. The molecule has 7 N–H and O–H groups in total. The fourth-order valence-electron chi connectivity index (χ4n) is 2.62. The number of carbonyl (C=O) groups is 3. The van der Waals surface area contributed by atoms with Gasteiger partial charge in [0.05, 0.1) is 0 Å². The molecule has 2 aliphatic heterocycles. The van der Waals surface area contributed by atoms with Crippen molar-refractivity contribution >= 4 is 59.5 Å². The predicted molar refractivity (Wildman–Crippen MR) is 107 cm³/mol. The van der Waals surface area contributed by atoms with Gasteiger partial charge in [-0.3, -0.25) is 19.1 Å². The second-order valence-electron chi connectivity index (χ2n) is 5.75.